The Kier molecular flexibility index (Phi) is 5.59. The van der Waals surface area contributed by atoms with Crippen molar-refractivity contribution in [1.29, 1.82) is 0 Å². The molecule has 2 aromatic heterocycles. The van der Waals surface area contributed by atoms with E-state index in [4.69, 9.17) is 5.73 Å². The van der Waals surface area contributed by atoms with Crippen molar-refractivity contribution in [2.45, 2.75) is 38.1 Å². The van der Waals surface area contributed by atoms with E-state index in [-0.39, 0.29) is 24.2 Å². The second kappa shape index (κ2) is 7.52. The van der Waals surface area contributed by atoms with E-state index in [9.17, 15) is 4.79 Å². The molecule has 4 nitrogen and oxygen atoms in total. The van der Waals surface area contributed by atoms with Gasteiger partial charge in [-0.2, -0.15) is 0 Å². The number of thiophene rings is 1. The Morgan fingerprint density at radius 2 is 2.00 bits per heavy atom. The molecule has 0 radical (unpaired) electrons. The summed E-state index contributed by atoms with van der Waals surface area (Å²) in [6.45, 7) is 0. The highest BCUT2D eigenvalue weighted by molar-refractivity contribution is 7.16. The van der Waals surface area contributed by atoms with Gasteiger partial charge in [0, 0.05) is 17.3 Å². The van der Waals surface area contributed by atoms with E-state index in [1.807, 2.05) is 16.8 Å². The van der Waals surface area contributed by atoms with Gasteiger partial charge in [0.05, 0.1) is 10.6 Å². The Morgan fingerprint density at radius 1 is 1.25 bits per heavy atom. The zero-order valence-corrected chi connectivity index (χ0v) is 15.8. The number of carbonyl (C=O) groups excluding carboxylic acids is 1. The average Bonchev–Trinajstić information content (AvgIpc) is 3.17. The first-order chi connectivity index (χ1) is 11.2. The Labute approximate surface area is 156 Å². The minimum Gasteiger partial charge on any atom is -0.327 e. The predicted octanol–water partition coefficient (Wildman–Crippen LogP) is 4.39. The zero-order chi connectivity index (χ0) is 15.8. The lowest BCUT2D eigenvalue weighted by Gasteiger charge is -2.43. The molecule has 0 aliphatic heterocycles. The fraction of sp³-hybridized carbons (Fsp3) is 0.529. The lowest BCUT2D eigenvalue weighted by atomic mass is 9.65. The number of fused-ring (bicyclic) bond motifs is 2. The molecule has 0 saturated heterocycles. The van der Waals surface area contributed by atoms with Crippen LogP contribution < -0.4 is 11.1 Å². The van der Waals surface area contributed by atoms with E-state index in [2.05, 4.69) is 16.4 Å². The van der Waals surface area contributed by atoms with E-state index in [0.717, 1.165) is 23.4 Å². The van der Waals surface area contributed by atoms with Gasteiger partial charge in [0.1, 0.15) is 0 Å². The number of hydrogen-bond acceptors (Lipinski definition) is 5. The van der Waals surface area contributed by atoms with Crippen LogP contribution in [0.5, 0.6) is 0 Å². The minimum atomic E-state index is 0. The number of amides is 1. The zero-order valence-electron chi connectivity index (χ0n) is 13.3. The van der Waals surface area contributed by atoms with Crippen molar-refractivity contribution in [2.24, 2.45) is 23.5 Å². The molecule has 2 aromatic rings. The Balaban J connectivity index is 0.00000169. The van der Waals surface area contributed by atoms with Gasteiger partial charge in [0.2, 0.25) is 5.91 Å². The normalized spacial score (nSPS) is 28.9. The van der Waals surface area contributed by atoms with Gasteiger partial charge in [0.15, 0.2) is 5.13 Å². The molecule has 2 unspecified atom stereocenters. The summed E-state index contributed by atoms with van der Waals surface area (Å²) in [4.78, 5) is 18.3. The largest absolute Gasteiger partial charge is 0.327 e. The number of nitrogens with zero attached hydrogens (tertiary/aromatic N) is 1. The maximum atomic E-state index is 12.6. The first-order valence-corrected chi connectivity index (χ1v) is 10.0. The first-order valence-electron chi connectivity index (χ1n) is 8.26. The van der Waals surface area contributed by atoms with Crippen LogP contribution in [0.4, 0.5) is 5.13 Å². The smallest absolute Gasteiger partial charge is 0.229 e. The van der Waals surface area contributed by atoms with Crippen LogP contribution in [0.1, 0.15) is 32.1 Å². The van der Waals surface area contributed by atoms with Crippen molar-refractivity contribution in [3.05, 3.63) is 22.9 Å². The fourth-order valence-electron chi connectivity index (χ4n) is 4.08. The molecule has 7 heteroatoms. The van der Waals surface area contributed by atoms with Crippen LogP contribution in [-0.2, 0) is 4.79 Å². The van der Waals surface area contributed by atoms with E-state index in [1.165, 1.54) is 30.6 Å². The second-order valence-electron chi connectivity index (χ2n) is 6.70. The number of hydrogen-bond donors (Lipinski definition) is 2. The molecular formula is C17H22ClN3OS2. The number of anilines is 1. The molecule has 0 spiro atoms. The summed E-state index contributed by atoms with van der Waals surface area (Å²) < 4.78 is 0. The molecule has 3 N–H and O–H groups in total. The van der Waals surface area contributed by atoms with E-state index >= 15 is 0 Å². The lowest BCUT2D eigenvalue weighted by molar-refractivity contribution is -0.122. The molecular weight excluding hydrogens is 362 g/mol. The van der Waals surface area contributed by atoms with Crippen LogP contribution in [0.2, 0.25) is 0 Å². The van der Waals surface area contributed by atoms with Crippen molar-refractivity contribution in [3.63, 3.8) is 0 Å². The highest BCUT2D eigenvalue weighted by Crippen LogP contribution is 2.42. The summed E-state index contributed by atoms with van der Waals surface area (Å²) in [5.41, 5.74) is 7.26. The van der Waals surface area contributed by atoms with Gasteiger partial charge in [-0.3, -0.25) is 4.79 Å². The summed E-state index contributed by atoms with van der Waals surface area (Å²) in [5.74, 6) is 1.27. The predicted molar refractivity (Wildman–Crippen MR) is 103 cm³/mol. The van der Waals surface area contributed by atoms with Gasteiger partial charge in [-0.1, -0.05) is 12.5 Å². The Morgan fingerprint density at radius 3 is 2.67 bits per heavy atom. The molecule has 0 aromatic carbocycles. The maximum Gasteiger partial charge on any atom is 0.229 e. The van der Waals surface area contributed by atoms with Crippen molar-refractivity contribution >= 4 is 46.1 Å². The van der Waals surface area contributed by atoms with Crippen molar-refractivity contribution in [3.8, 4) is 10.6 Å². The van der Waals surface area contributed by atoms with Crippen LogP contribution in [0.3, 0.4) is 0 Å². The summed E-state index contributed by atoms with van der Waals surface area (Å²) >= 11 is 3.17. The first kappa shape index (κ1) is 17.9. The summed E-state index contributed by atoms with van der Waals surface area (Å²) in [5, 5.41) is 7.78. The Hall–Kier alpha value is -0.950. The molecule has 2 atom stereocenters. The number of thiazole rings is 1. The molecule has 2 aliphatic carbocycles. The van der Waals surface area contributed by atoms with Gasteiger partial charge < -0.3 is 11.1 Å². The number of nitrogens with two attached hydrogens (primary N) is 1. The molecule has 1 amide bonds. The topological polar surface area (TPSA) is 68.0 Å². The van der Waals surface area contributed by atoms with Crippen molar-refractivity contribution in [1.82, 2.24) is 4.98 Å². The number of aromatic nitrogens is 1. The molecule has 4 rings (SSSR count). The number of carbonyl (C=O) groups is 1. The minimum absolute atomic E-state index is 0. The molecule has 2 fully saturated rings. The fourth-order valence-corrected chi connectivity index (χ4v) is 5.55. The van der Waals surface area contributed by atoms with Gasteiger partial charge >= 0.3 is 0 Å². The standard InChI is InChI=1S/C17H21N3OS2.ClH/c18-15-10-3-1-4-11(15)8-12(7-10)16(21)20-17-19-13(9-23-17)14-5-2-6-22-14;/h2,5-6,9-12,15H,1,3-4,7-8,18H2,(H,19,20,21);1H. The quantitative estimate of drug-likeness (QED) is 0.826. The van der Waals surface area contributed by atoms with Gasteiger partial charge in [-0.05, 0) is 49.0 Å². The molecule has 24 heavy (non-hydrogen) atoms. The summed E-state index contributed by atoms with van der Waals surface area (Å²) in [7, 11) is 0. The highest BCUT2D eigenvalue weighted by atomic mass is 35.5. The second-order valence-corrected chi connectivity index (χ2v) is 8.51. The Bertz CT molecular complexity index is 674. The average molecular weight is 384 g/mol. The van der Waals surface area contributed by atoms with Crippen LogP contribution in [0.25, 0.3) is 10.6 Å². The van der Waals surface area contributed by atoms with E-state index in [1.54, 1.807) is 11.3 Å². The molecule has 2 bridgehead atoms. The van der Waals surface area contributed by atoms with Gasteiger partial charge in [-0.15, -0.1) is 35.1 Å². The van der Waals surface area contributed by atoms with Gasteiger partial charge in [0.25, 0.3) is 0 Å². The lowest BCUT2D eigenvalue weighted by Crippen LogP contribution is -2.48. The molecule has 2 heterocycles. The highest BCUT2D eigenvalue weighted by Gasteiger charge is 2.40. The third kappa shape index (κ3) is 3.52. The van der Waals surface area contributed by atoms with Crippen molar-refractivity contribution in [2.75, 3.05) is 5.32 Å². The maximum absolute atomic E-state index is 12.6. The monoisotopic (exact) mass is 383 g/mol. The van der Waals surface area contributed by atoms with Crippen LogP contribution in [-0.4, -0.2) is 16.9 Å². The number of rotatable bonds is 3. The summed E-state index contributed by atoms with van der Waals surface area (Å²) in [6.07, 6.45) is 5.51. The van der Waals surface area contributed by atoms with Crippen molar-refractivity contribution < 1.29 is 4.79 Å². The molecule has 130 valence electrons. The van der Waals surface area contributed by atoms with Gasteiger partial charge in [-0.25, -0.2) is 4.98 Å². The molecule has 2 aliphatic rings. The van der Waals surface area contributed by atoms with E-state index < -0.39 is 0 Å². The summed E-state index contributed by atoms with van der Waals surface area (Å²) in [6, 6.07) is 4.37. The van der Waals surface area contributed by atoms with Crippen LogP contribution >= 0.6 is 35.1 Å². The number of halogens is 1. The van der Waals surface area contributed by atoms with Crippen LogP contribution in [0, 0.1) is 17.8 Å². The SMILES string of the molecule is Cl.NC1C2CCCC1CC(C(=O)Nc1nc(-c3cccs3)cs1)C2. The molecule has 2 saturated carbocycles. The van der Waals surface area contributed by atoms with Crippen LogP contribution in [0.15, 0.2) is 22.9 Å². The third-order valence-electron chi connectivity index (χ3n) is 5.29. The van der Waals surface area contributed by atoms with E-state index in [0.29, 0.717) is 23.0 Å². The third-order valence-corrected chi connectivity index (χ3v) is 6.94. The number of nitrogens with one attached hydrogen (secondary N) is 1.